The Hall–Kier alpha value is -3.05. The topological polar surface area (TPSA) is 36.0 Å². The zero-order valence-corrected chi connectivity index (χ0v) is 23.4. The summed E-state index contributed by atoms with van der Waals surface area (Å²) in [6.45, 7) is 18.9. The van der Waals surface area contributed by atoms with Crippen LogP contribution >= 0.6 is 0 Å². The van der Waals surface area contributed by atoms with Crippen LogP contribution in [0.3, 0.4) is 0 Å². The molecular weight excluding hydrogens is 458 g/mol. The Morgan fingerprint density at radius 3 is 2.32 bits per heavy atom. The Morgan fingerprint density at radius 2 is 1.70 bits per heavy atom. The van der Waals surface area contributed by atoms with E-state index in [2.05, 4.69) is 80.5 Å². The van der Waals surface area contributed by atoms with E-state index in [0.29, 0.717) is 13.1 Å². The molecule has 2 fully saturated rings. The molecule has 2 saturated heterocycles. The summed E-state index contributed by atoms with van der Waals surface area (Å²) < 4.78 is 5.81. The number of ether oxygens (including phenoxy) is 1. The van der Waals surface area contributed by atoms with Gasteiger partial charge < -0.3 is 9.64 Å². The van der Waals surface area contributed by atoms with Crippen LogP contribution in [0.25, 0.3) is 0 Å². The van der Waals surface area contributed by atoms with Gasteiger partial charge in [0.15, 0.2) is 0 Å². The number of urea groups is 1. The van der Waals surface area contributed by atoms with Gasteiger partial charge in [0, 0.05) is 43.4 Å². The molecule has 0 bridgehead atoms. The average molecular weight is 500 g/mol. The maximum atomic E-state index is 14.0. The zero-order chi connectivity index (χ0) is 26.5. The number of allylic oxidation sites excluding steroid dienone is 1. The van der Waals surface area contributed by atoms with E-state index in [9.17, 15) is 4.79 Å². The van der Waals surface area contributed by atoms with Gasteiger partial charge in [0.2, 0.25) is 0 Å². The molecule has 0 saturated carbocycles. The van der Waals surface area contributed by atoms with Crippen LogP contribution in [0.1, 0.15) is 66.0 Å². The minimum atomic E-state index is -0.298. The Kier molecular flexibility index (Phi) is 6.70. The first-order chi connectivity index (χ1) is 17.6. The van der Waals surface area contributed by atoms with E-state index in [1.54, 1.807) is 7.11 Å². The van der Waals surface area contributed by atoms with Crippen molar-refractivity contribution < 1.29 is 9.53 Å². The number of benzene rings is 2. The smallest absolute Gasteiger partial charge is 0.325 e. The molecule has 0 N–H and O–H groups in total. The standard InChI is InChI=1S/C32H41N3O2/c1-21(2)18-35-31(36)34-20-27-15-24(5)16-28(37-7)30(27)25(6)17-29(34)32(35)8-10-33(11-9-32)19-26-13-22(3)12-23(4)14-26/h12-17,25H,1,8-11,18-20H2,2-7H3/t25-/m0/s1. The lowest BCUT2D eigenvalue weighted by atomic mass is 9.81. The molecule has 3 heterocycles. The molecule has 2 amide bonds. The lowest BCUT2D eigenvalue weighted by Crippen LogP contribution is -2.54. The van der Waals surface area contributed by atoms with Gasteiger partial charge in [0.25, 0.3) is 0 Å². The summed E-state index contributed by atoms with van der Waals surface area (Å²) in [4.78, 5) is 20.7. The van der Waals surface area contributed by atoms with Crippen molar-refractivity contribution in [2.45, 2.75) is 72.0 Å². The van der Waals surface area contributed by atoms with Gasteiger partial charge in [-0.25, -0.2) is 4.79 Å². The average Bonchev–Trinajstić information content (AvgIpc) is 2.93. The fourth-order valence-electron chi connectivity index (χ4n) is 6.88. The number of methoxy groups -OCH3 is 1. The SMILES string of the molecule is C=C(C)CN1C(=O)N2Cc3cc(C)cc(OC)c3[C@@H](C)C=C2C12CCN(Cc1cc(C)cc(C)c1)CC2. The van der Waals surface area contributed by atoms with Crippen LogP contribution in [0, 0.1) is 20.8 Å². The molecule has 2 aromatic carbocycles. The van der Waals surface area contributed by atoms with Gasteiger partial charge in [0.1, 0.15) is 5.75 Å². The summed E-state index contributed by atoms with van der Waals surface area (Å²) in [6.07, 6.45) is 4.20. The van der Waals surface area contributed by atoms with E-state index < -0.39 is 0 Å². The highest BCUT2D eigenvalue weighted by Crippen LogP contribution is 2.49. The van der Waals surface area contributed by atoms with Crippen LogP contribution in [0.15, 0.2) is 54.3 Å². The molecule has 0 radical (unpaired) electrons. The third-order valence-corrected chi connectivity index (χ3v) is 8.33. The lowest BCUT2D eigenvalue weighted by molar-refractivity contribution is 0.0909. The van der Waals surface area contributed by atoms with Crippen molar-refractivity contribution in [3.8, 4) is 5.75 Å². The van der Waals surface area contributed by atoms with Crippen LogP contribution < -0.4 is 4.74 Å². The maximum absolute atomic E-state index is 14.0. The molecule has 5 rings (SSSR count). The highest BCUT2D eigenvalue weighted by atomic mass is 16.5. The van der Waals surface area contributed by atoms with Crippen LogP contribution in [0.5, 0.6) is 5.75 Å². The number of rotatable bonds is 5. The largest absolute Gasteiger partial charge is 0.496 e. The van der Waals surface area contributed by atoms with Gasteiger partial charge in [-0.1, -0.05) is 60.5 Å². The summed E-state index contributed by atoms with van der Waals surface area (Å²) in [5.41, 5.74) is 9.45. The van der Waals surface area contributed by atoms with Gasteiger partial charge in [-0.05, 0) is 63.3 Å². The fourth-order valence-corrected chi connectivity index (χ4v) is 6.88. The second-order valence-corrected chi connectivity index (χ2v) is 11.6. The van der Waals surface area contributed by atoms with Crippen molar-refractivity contribution in [3.05, 3.63) is 87.6 Å². The van der Waals surface area contributed by atoms with Crippen molar-refractivity contribution in [2.75, 3.05) is 26.7 Å². The highest BCUT2D eigenvalue weighted by Gasteiger charge is 2.55. The molecule has 5 nitrogen and oxygen atoms in total. The highest BCUT2D eigenvalue weighted by molar-refractivity contribution is 5.83. The number of likely N-dealkylation sites (tertiary alicyclic amines) is 1. The van der Waals surface area contributed by atoms with E-state index in [0.717, 1.165) is 49.4 Å². The zero-order valence-electron chi connectivity index (χ0n) is 23.4. The summed E-state index contributed by atoms with van der Waals surface area (Å²) in [5.74, 6) is 1.08. The van der Waals surface area contributed by atoms with Crippen molar-refractivity contribution >= 4 is 6.03 Å². The monoisotopic (exact) mass is 499 g/mol. The molecule has 1 spiro atoms. The fraction of sp³-hybridized carbons (Fsp3) is 0.469. The molecule has 3 aliphatic rings. The van der Waals surface area contributed by atoms with Crippen LogP contribution in [-0.4, -0.2) is 53.0 Å². The van der Waals surface area contributed by atoms with Crippen molar-refractivity contribution in [3.63, 3.8) is 0 Å². The predicted molar refractivity (Wildman–Crippen MR) is 150 cm³/mol. The Morgan fingerprint density at radius 1 is 1.05 bits per heavy atom. The molecule has 196 valence electrons. The Labute approximate surface area is 222 Å². The van der Waals surface area contributed by atoms with Crippen molar-refractivity contribution in [1.29, 1.82) is 0 Å². The van der Waals surface area contributed by atoms with E-state index in [-0.39, 0.29) is 17.5 Å². The second kappa shape index (κ2) is 9.68. The molecule has 2 aromatic rings. The summed E-state index contributed by atoms with van der Waals surface area (Å²) >= 11 is 0. The van der Waals surface area contributed by atoms with Crippen molar-refractivity contribution in [1.82, 2.24) is 14.7 Å². The molecule has 37 heavy (non-hydrogen) atoms. The molecule has 0 unspecified atom stereocenters. The van der Waals surface area contributed by atoms with Crippen LogP contribution in [-0.2, 0) is 13.1 Å². The van der Waals surface area contributed by atoms with E-state index in [4.69, 9.17) is 4.74 Å². The number of piperidine rings is 1. The number of carbonyl (C=O) groups excluding carboxylic acids is 1. The third kappa shape index (κ3) is 4.59. The number of carbonyl (C=O) groups is 1. The molecule has 0 aliphatic carbocycles. The number of aryl methyl sites for hydroxylation is 3. The summed E-state index contributed by atoms with van der Waals surface area (Å²) in [6, 6.07) is 11.3. The lowest BCUT2D eigenvalue weighted by Gasteiger charge is -2.45. The van der Waals surface area contributed by atoms with Gasteiger partial charge in [0.05, 0.1) is 19.2 Å². The minimum absolute atomic E-state index is 0.109. The molecule has 1 atom stereocenters. The van der Waals surface area contributed by atoms with E-state index in [1.807, 2.05) is 11.8 Å². The first kappa shape index (κ1) is 25.6. The van der Waals surface area contributed by atoms with Gasteiger partial charge in [-0.3, -0.25) is 9.80 Å². The molecule has 5 heteroatoms. The third-order valence-electron chi connectivity index (χ3n) is 8.33. The summed E-state index contributed by atoms with van der Waals surface area (Å²) in [5, 5.41) is 0. The normalized spacial score (nSPS) is 21.0. The van der Waals surface area contributed by atoms with Crippen molar-refractivity contribution in [2.24, 2.45) is 0 Å². The number of fused-ring (bicyclic) bond motifs is 3. The molecule has 3 aliphatic heterocycles. The maximum Gasteiger partial charge on any atom is 0.325 e. The second-order valence-electron chi connectivity index (χ2n) is 11.6. The van der Waals surface area contributed by atoms with E-state index >= 15 is 0 Å². The first-order valence-electron chi connectivity index (χ1n) is 13.5. The van der Waals surface area contributed by atoms with Crippen LogP contribution in [0.4, 0.5) is 4.79 Å². The van der Waals surface area contributed by atoms with E-state index in [1.165, 1.54) is 33.5 Å². The Balaban J connectivity index is 1.48. The molecule has 0 aromatic heterocycles. The van der Waals surface area contributed by atoms with Gasteiger partial charge in [-0.2, -0.15) is 0 Å². The minimum Gasteiger partial charge on any atom is -0.496 e. The summed E-state index contributed by atoms with van der Waals surface area (Å²) in [7, 11) is 1.74. The van der Waals surface area contributed by atoms with Crippen LogP contribution in [0.2, 0.25) is 0 Å². The number of amides is 2. The quantitative estimate of drug-likeness (QED) is 0.442. The first-order valence-corrected chi connectivity index (χ1v) is 13.5. The molecular formula is C32H41N3O2. The number of hydrogen-bond acceptors (Lipinski definition) is 3. The van der Waals surface area contributed by atoms with Gasteiger partial charge in [-0.15, -0.1) is 0 Å². The predicted octanol–water partition coefficient (Wildman–Crippen LogP) is 6.47. The van der Waals surface area contributed by atoms with Gasteiger partial charge >= 0.3 is 6.03 Å². The Bertz CT molecular complexity index is 1250. The number of hydrogen-bond donors (Lipinski definition) is 0. The number of nitrogens with zero attached hydrogens (tertiary/aromatic N) is 3.